The maximum atomic E-state index is 10.7. The normalized spacial score (nSPS) is 27.1. The van der Waals surface area contributed by atoms with Crippen molar-refractivity contribution in [1.29, 1.82) is 0 Å². The standard InChI is InChI=1S/C12H15N3O3/c16-15(17)9-3-5-13-11(7-9)14-10-4-6-18-12(10)8-1-2-8/h3,5,7-8,10,12H,1-2,4,6H2,(H,13,14). The molecule has 0 radical (unpaired) electrons. The van der Waals surface area contributed by atoms with Crippen molar-refractivity contribution in [3.8, 4) is 0 Å². The Kier molecular flexibility index (Phi) is 2.87. The molecule has 0 amide bonds. The molecule has 6 nitrogen and oxygen atoms in total. The van der Waals surface area contributed by atoms with Crippen LogP contribution >= 0.6 is 0 Å². The molecule has 3 rings (SSSR count). The van der Waals surface area contributed by atoms with Gasteiger partial charge in [0.2, 0.25) is 0 Å². The summed E-state index contributed by atoms with van der Waals surface area (Å²) >= 11 is 0. The minimum Gasteiger partial charge on any atom is -0.376 e. The predicted molar refractivity (Wildman–Crippen MR) is 65.4 cm³/mol. The average Bonchev–Trinajstić information content (AvgIpc) is 3.11. The second kappa shape index (κ2) is 4.53. The van der Waals surface area contributed by atoms with E-state index in [9.17, 15) is 10.1 Å². The smallest absolute Gasteiger partial charge is 0.274 e. The fourth-order valence-electron chi connectivity index (χ4n) is 2.46. The lowest BCUT2D eigenvalue weighted by atomic mass is 10.1. The number of nitrogens with zero attached hydrogens (tertiary/aromatic N) is 2. The highest BCUT2D eigenvalue weighted by molar-refractivity contribution is 5.45. The van der Waals surface area contributed by atoms with Crippen molar-refractivity contribution in [1.82, 2.24) is 4.98 Å². The SMILES string of the molecule is O=[N+]([O-])c1ccnc(NC2CCOC2C2CC2)c1. The Morgan fingerprint density at radius 3 is 3.00 bits per heavy atom. The lowest BCUT2D eigenvalue weighted by Gasteiger charge is -2.19. The van der Waals surface area contributed by atoms with E-state index < -0.39 is 4.92 Å². The number of rotatable bonds is 4. The molecule has 6 heteroatoms. The van der Waals surface area contributed by atoms with E-state index in [1.807, 2.05) is 0 Å². The van der Waals surface area contributed by atoms with Crippen LogP contribution in [-0.4, -0.2) is 28.7 Å². The number of nitrogens with one attached hydrogen (secondary N) is 1. The van der Waals surface area contributed by atoms with Gasteiger partial charge < -0.3 is 10.1 Å². The molecule has 1 aliphatic heterocycles. The van der Waals surface area contributed by atoms with Crippen molar-refractivity contribution >= 4 is 11.5 Å². The van der Waals surface area contributed by atoms with Crippen molar-refractivity contribution in [3.63, 3.8) is 0 Å². The zero-order valence-electron chi connectivity index (χ0n) is 9.91. The van der Waals surface area contributed by atoms with E-state index in [2.05, 4.69) is 10.3 Å². The number of nitro groups is 1. The Hall–Kier alpha value is -1.69. The summed E-state index contributed by atoms with van der Waals surface area (Å²) < 4.78 is 5.72. The van der Waals surface area contributed by atoms with Gasteiger partial charge in [0.25, 0.3) is 5.69 Å². The summed E-state index contributed by atoms with van der Waals surface area (Å²) in [6.45, 7) is 0.758. The first-order valence-corrected chi connectivity index (χ1v) is 6.22. The Balaban J connectivity index is 1.71. The van der Waals surface area contributed by atoms with Gasteiger partial charge >= 0.3 is 0 Å². The molecule has 0 aromatic carbocycles. The Bertz CT molecular complexity index is 462. The lowest BCUT2D eigenvalue weighted by Crippen LogP contribution is -2.31. The highest BCUT2D eigenvalue weighted by Gasteiger charge is 2.40. The third kappa shape index (κ3) is 2.28. The highest BCUT2D eigenvalue weighted by atomic mass is 16.6. The van der Waals surface area contributed by atoms with Crippen LogP contribution in [0, 0.1) is 16.0 Å². The minimum absolute atomic E-state index is 0.0642. The number of ether oxygens (including phenoxy) is 1. The van der Waals surface area contributed by atoms with Crippen molar-refractivity contribution in [2.24, 2.45) is 5.92 Å². The van der Waals surface area contributed by atoms with Gasteiger partial charge in [-0.3, -0.25) is 10.1 Å². The van der Waals surface area contributed by atoms with Crippen LogP contribution in [0.15, 0.2) is 18.3 Å². The molecule has 2 fully saturated rings. The van der Waals surface area contributed by atoms with Crippen LogP contribution in [0.25, 0.3) is 0 Å². The molecule has 0 spiro atoms. The molecule has 1 aromatic rings. The topological polar surface area (TPSA) is 77.3 Å². The Morgan fingerprint density at radius 1 is 1.44 bits per heavy atom. The van der Waals surface area contributed by atoms with Crippen LogP contribution in [0.1, 0.15) is 19.3 Å². The molecule has 1 saturated heterocycles. The summed E-state index contributed by atoms with van der Waals surface area (Å²) in [5.74, 6) is 1.22. The fourth-order valence-corrected chi connectivity index (χ4v) is 2.46. The summed E-state index contributed by atoms with van der Waals surface area (Å²) in [7, 11) is 0. The molecule has 1 aliphatic carbocycles. The third-order valence-corrected chi connectivity index (χ3v) is 3.51. The third-order valence-electron chi connectivity index (χ3n) is 3.51. The fraction of sp³-hybridized carbons (Fsp3) is 0.583. The summed E-state index contributed by atoms with van der Waals surface area (Å²) in [5, 5.41) is 14.0. The van der Waals surface area contributed by atoms with Crippen LogP contribution in [0.4, 0.5) is 11.5 Å². The Labute approximate surface area is 105 Å². The van der Waals surface area contributed by atoms with Crippen LogP contribution in [0.3, 0.4) is 0 Å². The number of pyridine rings is 1. The zero-order valence-corrected chi connectivity index (χ0v) is 9.91. The monoisotopic (exact) mass is 249 g/mol. The van der Waals surface area contributed by atoms with Gasteiger partial charge in [-0.2, -0.15) is 0 Å². The largest absolute Gasteiger partial charge is 0.376 e. The highest BCUT2D eigenvalue weighted by Crippen LogP contribution is 2.39. The first kappa shape index (κ1) is 11.4. The van der Waals surface area contributed by atoms with Gasteiger partial charge in [0.15, 0.2) is 0 Å². The average molecular weight is 249 g/mol. The lowest BCUT2D eigenvalue weighted by molar-refractivity contribution is -0.384. The molecular formula is C12H15N3O3. The number of hydrogen-bond donors (Lipinski definition) is 1. The molecule has 1 N–H and O–H groups in total. The van der Waals surface area contributed by atoms with Gasteiger partial charge in [0, 0.05) is 18.9 Å². The quantitative estimate of drug-likeness (QED) is 0.652. The molecule has 2 unspecified atom stereocenters. The number of hydrogen-bond acceptors (Lipinski definition) is 5. The summed E-state index contributed by atoms with van der Waals surface area (Å²) in [6, 6.07) is 3.10. The van der Waals surface area contributed by atoms with Crippen LogP contribution in [0.5, 0.6) is 0 Å². The number of aromatic nitrogens is 1. The van der Waals surface area contributed by atoms with Crippen molar-refractivity contribution in [2.45, 2.75) is 31.4 Å². The van der Waals surface area contributed by atoms with E-state index in [4.69, 9.17) is 4.74 Å². The van der Waals surface area contributed by atoms with Gasteiger partial charge in [-0.25, -0.2) is 4.98 Å². The van der Waals surface area contributed by atoms with Crippen LogP contribution < -0.4 is 5.32 Å². The van der Waals surface area contributed by atoms with E-state index in [-0.39, 0.29) is 17.8 Å². The van der Waals surface area contributed by atoms with E-state index in [0.29, 0.717) is 11.7 Å². The van der Waals surface area contributed by atoms with Crippen molar-refractivity contribution in [2.75, 3.05) is 11.9 Å². The van der Waals surface area contributed by atoms with Crippen molar-refractivity contribution in [3.05, 3.63) is 28.4 Å². The summed E-state index contributed by atoms with van der Waals surface area (Å²) in [6.07, 6.45) is 5.09. The second-order valence-corrected chi connectivity index (χ2v) is 4.87. The maximum absolute atomic E-state index is 10.7. The van der Waals surface area contributed by atoms with E-state index >= 15 is 0 Å². The molecule has 0 bridgehead atoms. The van der Waals surface area contributed by atoms with Gasteiger partial charge in [-0.15, -0.1) is 0 Å². The molecule has 18 heavy (non-hydrogen) atoms. The minimum atomic E-state index is -0.406. The van der Waals surface area contributed by atoms with Crippen molar-refractivity contribution < 1.29 is 9.66 Å². The molecule has 1 aromatic heterocycles. The predicted octanol–water partition coefficient (Wildman–Crippen LogP) is 1.97. The maximum Gasteiger partial charge on any atom is 0.274 e. The van der Waals surface area contributed by atoms with Gasteiger partial charge in [0.05, 0.1) is 23.1 Å². The first-order chi connectivity index (χ1) is 8.74. The molecule has 2 aliphatic rings. The first-order valence-electron chi connectivity index (χ1n) is 6.22. The van der Waals surface area contributed by atoms with Gasteiger partial charge in [0.1, 0.15) is 5.82 Å². The molecule has 1 saturated carbocycles. The van der Waals surface area contributed by atoms with E-state index in [1.165, 1.54) is 31.2 Å². The van der Waals surface area contributed by atoms with Crippen LogP contribution in [-0.2, 0) is 4.74 Å². The van der Waals surface area contributed by atoms with E-state index in [0.717, 1.165) is 13.0 Å². The molecular weight excluding hydrogens is 234 g/mol. The van der Waals surface area contributed by atoms with Gasteiger partial charge in [-0.1, -0.05) is 0 Å². The van der Waals surface area contributed by atoms with Crippen LogP contribution in [0.2, 0.25) is 0 Å². The molecule has 2 atom stereocenters. The molecule has 96 valence electrons. The van der Waals surface area contributed by atoms with E-state index in [1.54, 1.807) is 0 Å². The second-order valence-electron chi connectivity index (χ2n) is 4.87. The number of anilines is 1. The zero-order chi connectivity index (χ0) is 12.5. The summed E-state index contributed by atoms with van der Waals surface area (Å²) in [4.78, 5) is 14.4. The van der Waals surface area contributed by atoms with Gasteiger partial charge in [-0.05, 0) is 25.2 Å². The molecule has 2 heterocycles. The summed E-state index contributed by atoms with van der Waals surface area (Å²) in [5.41, 5.74) is 0.0642. The Morgan fingerprint density at radius 2 is 2.28 bits per heavy atom.